The average Bonchev–Trinajstić information content (AvgIpc) is 1.97. The molecule has 2 rings (SSSR count). The van der Waals surface area contributed by atoms with Crippen molar-refractivity contribution in [2.45, 2.75) is 33.2 Å². The monoisotopic (exact) mass is 181 g/mol. The number of hydrogen-bond acceptors (Lipinski definition) is 2. The van der Waals surface area contributed by atoms with Crippen molar-refractivity contribution in [3.63, 3.8) is 0 Å². The fourth-order valence-electron chi connectivity index (χ4n) is 1.98. The minimum Gasteiger partial charge on any atom is -0.337 e. The molecular formula is C10H15NO2. The molecule has 0 spiro atoms. The van der Waals surface area contributed by atoms with Crippen LogP contribution in [-0.2, 0) is 9.59 Å². The molecule has 2 atom stereocenters. The molecule has 2 unspecified atom stereocenters. The largest absolute Gasteiger partial charge is 0.337 e. The van der Waals surface area contributed by atoms with Gasteiger partial charge in [0.15, 0.2) is 0 Å². The van der Waals surface area contributed by atoms with E-state index in [0.29, 0.717) is 18.7 Å². The van der Waals surface area contributed by atoms with Gasteiger partial charge in [-0.15, -0.1) is 0 Å². The molecule has 1 heterocycles. The highest BCUT2D eigenvalue weighted by Crippen LogP contribution is 2.40. The molecule has 13 heavy (non-hydrogen) atoms. The van der Waals surface area contributed by atoms with Crippen molar-refractivity contribution < 1.29 is 9.59 Å². The minimum atomic E-state index is -0.302. The Kier molecular flexibility index (Phi) is 1.57. The Labute approximate surface area is 78.1 Å². The topological polar surface area (TPSA) is 37.4 Å². The SMILES string of the molecule is CC(C)(C)C(=O)N1CC2C(=O)CC21. The molecule has 1 aliphatic carbocycles. The third-order valence-corrected chi connectivity index (χ3v) is 2.98. The first kappa shape index (κ1) is 8.73. The number of Topliss-reactive ketones (excluding diaryl/α,β-unsaturated/α-hetero) is 1. The second-order valence-electron chi connectivity index (χ2n) is 5.05. The summed E-state index contributed by atoms with van der Waals surface area (Å²) in [4.78, 5) is 24.6. The summed E-state index contributed by atoms with van der Waals surface area (Å²) in [7, 11) is 0. The van der Waals surface area contributed by atoms with Crippen LogP contribution in [0.15, 0.2) is 0 Å². The van der Waals surface area contributed by atoms with Crippen molar-refractivity contribution in [2.75, 3.05) is 6.54 Å². The zero-order valence-electron chi connectivity index (χ0n) is 8.33. The average molecular weight is 181 g/mol. The van der Waals surface area contributed by atoms with E-state index >= 15 is 0 Å². The summed E-state index contributed by atoms with van der Waals surface area (Å²) in [5.41, 5.74) is -0.302. The van der Waals surface area contributed by atoms with Gasteiger partial charge in [0.25, 0.3) is 0 Å². The van der Waals surface area contributed by atoms with Gasteiger partial charge < -0.3 is 4.90 Å². The number of carbonyl (C=O) groups excluding carboxylic acids is 2. The number of likely N-dealkylation sites (tertiary alicyclic amines) is 1. The van der Waals surface area contributed by atoms with Crippen molar-refractivity contribution in [3.05, 3.63) is 0 Å². The van der Waals surface area contributed by atoms with Crippen LogP contribution in [0.3, 0.4) is 0 Å². The number of fused-ring (bicyclic) bond motifs is 1. The second-order valence-corrected chi connectivity index (χ2v) is 5.05. The van der Waals surface area contributed by atoms with E-state index in [1.54, 1.807) is 0 Å². The molecule has 0 N–H and O–H groups in total. The minimum absolute atomic E-state index is 0.182. The molecular weight excluding hydrogens is 166 g/mol. The van der Waals surface area contributed by atoms with Crippen LogP contribution in [0, 0.1) is 11.3 Å². The van der Waals surface area contributed by atoms with Crippen LogP contribution in [-0.4, -0.2) is 29.2 Å². The van der Waals surface area contributed by atoms with Crippen LogP contribution in [0.25, 0.3) is 0 Å². The lowest BCUT2D eigenvalue weighted by Gasteiger charge is -2.55. The summed E-state index contributed by atoms with van der Waals surface area (Å²) in [5.74, 6) is 0.704. The van der Waals surface area contributed by atoms with E-state index in [9.17, 15) is 9.59 Å². The van der Waals surface area contributed by atoms with Crippen molar-refractivity contribution in [1.29, 1.82) is 0 Å². The van der Waals surface area contributed by atoms with Gasteiger partial charge >= 0.3 is 0 Å². The van der Waals surface area contributed by atoms with Crippen LogP contribution in [0.5, 0.6) is 0 Å². The van der Waals surface area contributed by atoms with Crippen LogP contribution in [0.4, 0.5) is 0 Å². The molecule has 1 saturated carbocycles. The third kappa shape index (κ3) is 1.10. The van der Waals surface area contributed by atoms with E-state index in [2.05, 4.69) is 0 Å². The van der Waals surface area contributed by atoms with Crippen LogP contribution >= 0.6 is 0 Å². The lowest BCUT2D eigenvalue weighted by molar-refractivity contribution is -0.168. The Morgan fingerprint density at radius 3 is 2.38 bits per heavy atom. The lowest BCUT2D eigenvalue weighted by atomic mass is 9.69. The summed E-state index contributed by atoms with van der Waals surface area (Å²) in [5, 5.41) is 0. The Morgan fingerprint density at radius 1 is 1.46 bits per heavy atom. The maximum atomic E-state index is 11.8. The Balaban J connectivity index is 1.99. The third-order valence-electron chi connectivity index (χ3n) is 2.98. The Hall–Kier alpha value is -0.860. The molecule has 1 aliphatic heterocycles. The van der Waals surface area contributed by atoms with Gasteiger partial charge in [-0.3, -0.25) is 9.59 Å². The summed E-state index contributed by atoms with van der Waals surface area (Å²) in [6.45, 7) is 6.43. The van der Waals surface area contributed by atoms with Crippen LogP contribution < -0.4 is 0 Å². The molecule has 0 aromatic rings. The fourth-order valence-corrected chi connectivity index (χ4v) is 1.98. The molecule has 1 saturated heterocycles. The van der Waals surface area contributed by atoms with E-state index in [-0.39, 0.29) is 23.3 Å². The number of nitrogens with zero attached hydrogens (tertiary/aromatic N) is 1. The van der Waals surface area contributed by atoms with Gasteiger partial charge in [0.1, 0.15) is 5.78 Å². The molecule has 2 fully saturated rings. The molecule has 0 radical (unpaired) electrons. The lowest BCUT2D eigenvalue weighted by Crippen LogP contribution is -2.70. The number of amides is 1. The summed E-state index contributed by atoms with van der Waals surface area (Å²) in [6.07, 6.45) is 0.590. The highest BCUT2D eigenvalue weighted by Gasteiger charge is 2.55. The van der Waals surface area contributed by atoms with Crippen LogP contribution in [0.1, 0.15) is 27.2 Å². The van der Waals surface area contributed by atoms with Crippen molar-refractivity contribution in [3.8, 4) is 0 Å². The molecule has 1 amide bonds. The number of hydrogen-bond donors (Lipinski definition) is 0. The highest BCUT2D eigenvalue weighted by molar-refractivity contribution is 5.95. The van der Waals surface area contributed by atoms with E-state index in [1.807, 2.05) is 25.7 Å². The highest BCUT2D eigenvalue weighted by atomic mass is 16.2. The summed E-state index contributed by atoms with van der Waals surface area (Å²) in [6, 6.07) is 0.249. The molecule has 0 aromatic carbocycles. The smallest absolute Gasteiger partial charge is 0.228 e. The van der Waals surface area contributed by atoms with Gasteiger partial charge in [0, 0.05) is 18.4 Å². The molecule has 3 heteroatoms. The van der Waals surface area contributed by atoms with Gasteiger partial charge in [-0.25, -0.2) is 0 Å². The van der Waals surface area contributed by atoms with Crippen molar-refractivity contribution >= 4 is 11.7 Å². The quantitative estimate of drug-likeness (QED) is 0.555. The van der Waals surface area contributed by atoms with E-state index in [0.717, 1.165) is 0 Å². The number of rotatable bonds is 0. The van der Waals surface area contributed by atoms with Crippen LogP contribution in [0.2, 0.25) is 0 Å². The summed E-state index contributed by atoms with van der Waals surface area (Å²) >= 11 is 0. The number of ketones is 1. The van der Waals surface area contributed by atoms with Crippen molar-refractivity contribution in [2.24, 2.45) is 11.3 Å². The van der Waals surface area contributed by atoms with E-state index < -0.39 is 0 Å². The Bertz CT molecular complexity index is 277. The Morgan fingerprint density at radius 2 is 2.08 bits per heavy atom. The summed E-state index contributed by atoms with van der Waals surface area (Å²) < 4.78 is 0. The maximum absolute atomic E-state index is 11.8. The van der Waals surface area contributed by atoms with E-state index in [4.69, 9.17) is 0 Å². The first-order valence-corrected chi connectivity index (χ1v) is 4.75. The number of piperidine rings is 1. The molecule has 2 aliphatic rings. The predicted octanol–water partition coefficient (Wildman–Crippen LogP) is 0.832. The zero-order chi connectivity index (χ0) is 9.80. The van der Waals surface area contributed by atoms with Gasteiger partial charge in [0.2, 0.25) is 5.91 Å². The zero-order valence-corrected chi connectivity index (χ0v) is 8.33. The predicted molar refractivity (Wildman–Crippen MR) is 48.1 cm³/mol. The first-order valence-electron chi connectivity index (χ1n) is 4.75. The van der Waals surface area contributed by atoms with E-state index in [1.165, 1.54) is 0 Å². The van der Waals surface area contributed by atoms with Gasteiger partial charge in [-0.2, -0.15) is 0 Å². The van der Waals surface area contributed by atoms with Gasteiger partial charge in [0.05, 0.1) is 12.0 Å². The van der Waals surface area contributed by atoms with Gasteiger partial charge in [-0.1, -0.05) is 20.8 Å². The maximum Gasteiger partial charge on any atom is 0.228 e. The fraction of sp³-hybridized carbons (Fsp3) is 0.800. The number of carbonyl (C=O) groups is 2. The molecule has 72 valence electrons. The second kappa shape index (κ2) is 2.34. The van der Waals surface area contributed by atoms with Crippen molar-refractivity contribution in [1.82, 2.24) is 4.90 Å². The molecule has 0 bridgehead atoms. The standard InChI is InChI=1S/C10H15NO2/c1-10(2,3)9(13)11-5-6-7(11)4-8(6)12/h6-7H,4-5H2,1-3H3. The van der Waals surface area contributed by atoms with Gasteiger partial charge in [-0.05, 0) is 0 Å². The molecule has 3 nitrogen and oxygen atoms in total. The normalized spacial score (nSPS) is 31.9. The molecule has 0 aromatic heterocycles. The first-order chi connectivity index (χ1) is 5.91.